The fourth-order valence-electron chi connectivity index (χ4n) is 1.01. The molecule has 1 aromatic heterocycles. The summed E-state index contributed by atoms with van der Waals surface area (Å²) in [4.78, 5) is 3.89. The van der Waals surface area contributed by atoms with Gasteiger partial charge < -0.3 is 5.32 Å². The van der Waals surface area contributed by atoms with E-state index < -0.39 is 0 Å². The van der Waals surface area contributed by atoms with Gasteiger partial charge in [-0.05, 0) is 18.6 Å². The molecular formula is C10H13N3. The van der Waals surface area contributed by atoms with Crippen molar-refractivity contribution in [1.29, 1.82) is 5.26 Å². The molecule has 0 fully saturated rings. The van der Waals surface area contributed by atoms with E-state index in [4.69, 9.17) is 5.26 Å². The Balaban J connectivity index is 2.52. The lowest BCUT2D eigenvalue weighted by Gasteiger charge is -2.04. The molecule has 0 atom stereocenters. The number of hydrogen-bond donors (Lipinski definition) is 1. The molecule has 0 aliphatic rings. The Kier molecular flexibility index (Phi) is 3.77. The highest BCUT2D eigenvalue weighted by Crippen LogP contribution is 2.06. The van der Waals surface area contributed by atoms with Gasteiger partial charge in [0.25, 0.3) is 0 Å². The van der Waals surface area contributed by atoms with E-state index in [2.05, 4.69) is 17.2 Å². The quantitative estimate of drug-likeness (QED) is 0.713. The summed E-state index contributed by atoms with van der Waals surface area (Å²) in [7, 11) is 0. The summed E-state index contributed by atoms with van der Waals surface area (Å²) < 4.78 is 0. The first kappa shape index (κ1) is 9.53. The molecule has 13 heavy (non-hydrogen) atoms. The van der Waals surface area contributed by atoms with Crippen LogP contribution in [0.25, 0.3) is 0 Å². The van der Waals surface area contributed by atoms with E-state index in [0.29, 0.717) is 5.69 Å². The second kappa shape index (κ2) is 5.15. The summed E-state index contributed by atoms with van der Waals surface area (Å²) in [5, 5.41) is 11.8. The van der Waals surface area contributed by atoms with Crippen molar-refractivity contribution >= 4 is 5.69 Å². The number of hydrogen-bond acceptors (Lipinski definition) is 3. The summed E-state index contributed by atoms with van der Waals surface area (Å²) >= 11 is 0. The van der Waals surface area contributed by atoms with Crippen molar-refractivity contribution in [3.05, 3.63) is 24.0 Å². The molecule has 0 saturated carbocycles. The smallest absolute Gasteiger partial charge is 0.142 e. The molecule has 3 heteroatoms. The molecule has 3 nitrogen and oxygen atoms in total. The second-order valence-corrected chi connectivity index (χ2v) is 2.82. The molecular weight excluding hydrogens is 162 g/mol. The molecule has 1 aromatic rings. The fraction of sp³-hybridized carbons (Fsp3) is 0.400. The van der Waals surface area contributed by atoms with E-state index in [1.54, 1.807) is 12.3 Å². The zero-order valence-corrected chi connectivity index (χ0v) is 7.75. The monoisotopic (exact) mass is 175 g/mol. The third kappa shape index (κ3) is 3.12. The summed E-state index contributed by atoms with van der Waals surface area (Å²) in [6.07, 6.45) is 3.96. The minimum atomic E-state index is 0.460. The van der Waals surface area contributed by atoms with Gasteiger partial charge in [-0.3, -0.25) is 0 Å². The minimum Gasteiger partial charge on any atom is -0.385 e. The summed E-state index contributed by atoms with van der Waals surface area (Å²) in [5.74, 6) is 0. The number of nitriles is 1. The number of nitrogens with one attached hydrogen (secondary N) is 1. The van der Waals surface area contributed by atoms with Crippen molar-refractivity contribution in [2.75, 3.05) is 11.9 Å². The zero-order chi connectivity index (χ0) is 9.52. The summed E-state index contributed by atoms with van der Waals surface area (Å²) in [5.41, 5.74) is 1.43. The Morgan fingerprint density at radius 3 is 3.15 bits per heavy atom. The van der Waals surface area contributed by atoms with Crippen molar-refractivity contribution in [3.8, 4) is 6.07 Å². The van der Waals surface area contributed by atoms with Crippen molar-refractivity contribution in [2.24, 2.45) is 0 Å². The van der Waals surface area contributed by atoms with Crippen LogP contribution in [-0.2, 0) is 0 Å². The first-order valence-corrected chi connectivity index (χ1v) is 4.47. The maximum Gasteiger partial charge on any atom is 0.142 e. The van der Waals surface area contributed by atoms with Crippen LogP contribution < -0.4 is 5.32 Å². The van der Waals surface area contributed by atoms with Crippen LogP contribution in [0, 0.1) is 11.3 Å². The van der Waals surface area contributed by atoms with Crippen LogP contribution in [0.1, 0.15) is 25.5 Å². The van der Waals surface area contributed by atoms with E-state index in [9.17, 15) is 0 Å². The number of anilines is 1. The Bertz CT molecular complexity index is 301. The van der Waals surface area contributed by atoms with Gasteiger partial charge >= 0.3 is 0 Å². The number of nitrogens with zero attached hydrogens (tertiary/aromatic N) is 2. The molecule has 1 heterocycles. The van der Waals surface area contributed by atoms with E-state index in [-0.39, 0.29) is 0 Å². The molecule has 0 spiro atoms. The molecule has 0 saturated heterocycles. The lowest BCUT2D eigenvalue weighted by atomic mass is 10.3. The molecule has 0 aromatic carbocycles. The normalized spacial score (nSPS) is 9.23. The van der Waals surface area contributed by atoms with Crippen LogP contribution in [0.3, 0.4) is 0 Å². The Morgan fingerprint density at radius 1 is 1.62 bits per heavy atom. The standard InChI is InChI=1S/C10H13N3/c1-2-3-5-12-9-4-6-13-10(7-9)8-11/h4,6-7H,2-3,5H2,1H3,(H,12,13). The number of unbranched alkanes of at least 4 members (excludes halogenated alkanes) is 1. The van der Waals surface area contributed by atoms with Gasteiger partial charge in [-0.25, -0.2) is 4.98 Å². The highest BCUT2D eigenvalue weighted by Gasteiger charge is 1.94. The molecule has 1 rings (SSSR count). The zero-order valence-electron chi connectivity index (χ0n) is 7.75. The average molecular weight is 175 g/mol. The first-order valence-electron chi connectivity index (χ1n) is 4.47. The lowest BCUT2D eigenvalue weighted by molar-refractivity contribution is 0.834. The topological polar surface area (TPSA) is 48.7 Å². The Hall–Kier alpha value is -1.56. The lowest BCUT2D eigenvalue weighted by Crippen LogP contribution is -2.01. The van der Waals surface area contributed by atoms with Gasteiger partial charge in [0.05, 0.1) is 0 Å². The van der Waals surface area contributed by atoms with Gasteiger partial charge in [0.15, 0.2) is 0 Å². The van der Waals surface area contributed by atoms with Crippen LogP contribution in [0.4, 0.5) is 5.69 Å². The Labute approximate surface area is 78.4 Å². The summed E-state index contributed by atoms with van der Waals surface area (Å²) in [6.45, 7) is 3.10. The van der Waals surface area contributed by atoms with Gasteiger partial charge in [-0.15, -0.1) is 0 Å². The van der Waals surface area contributed by atoms with Crippen molar-refractivity contribution in [1.82, 2.24) is 4.98 Å². The molecule has 0 aliphatic carbocycles. The maximum atomic E-state index is 8.59. The van der Waals surface area contributed by atoms with E-state index >= 15 is 0 Å². The van der Waals surface area contributed by atoms with Crippen LogP contribution in [0.5, 0.6) is 0 Å². The van der Waals surface area contributed by atoms with Gasteiger partial charge in [0.2, 0.25) is 0 Å². The van der Waals surface area contributed by atoms with Crippen LogP contribution in [-0.4, -0.2) is 11.5 Å². The van der Waals surface area contributed by atoms with Crippen LogP contribution in [0.15, 0.2) is 18.3 Å². The third-order valence-electron chi connectivity index (χ3n) is 1.73. The maximum absolute atomic E-state index is 8.59. The van der Waals surface area contributed by atoms with Crippen molar-refractivity contribution < 1.29 is 0 Å². The second-order valence-electron chi connectivity index (χ2n) is 2.82. The first-order chi connectivity index (χ1) is 6.36. The van der Waals surface area contributed by atoms with Gasteiger partial charge in [0, 0.05) is 18.4 Å². The highest BCUT2D eigenvalue weighted by atomic mass is 14.9. The molecule has 0 unspecified atom stereocenters. The predicted molar refractivity (Wildman–Crippen MR) is 52.3 cm³/mol. The molecule has 68 valence electrons. The largest absolute Gasteiger partial charge is 0.385 e. The number of rotatable bonds is 4. The molecule has 0 radical (unpaired) electrons. The van der Waals surface area contributed by atoms with E-state index in [1.807, 2.05) is 12.1 Å². The van der Waals surface area contributed by atoms with Crippen LogP contribution >= 0.6 is 0 Å². The van der Waals surface area contributed by atoms with Crippen molar-refractivity contribution in [3.63, 3.8) is 0 Å². The minimum absolute atomic E-state index is 0.460. The summed E-state index contributed by atoms with van der Waals surface area (Å²) in [6, 6.07) is 5.64. The fourth-order valence-corrected chi connectivity index (χ4v) is 1.01. The van der Waals surface area contributed by atoms with Crippen molar-refractivity contribution in [2.45, 2.75) is 19.8 Å². The molecule has 0 aliphatic heterocycles. The van der Waals surface area contributed by atoms with Crippen LogP contribution in [0.2, 0.25) is 0 Å². The number of aromatic nitrogens is 1. The van der Waals surface area contributed by atoms with Gasteiger partial charge in [0.1, 0.15) is 11.8 Å². The van der Waals surface area contributed by atoms with E-state index in [1.165, 1.54) is 6.42 Å². The SMILES string of the molecule is CCCCNc1ccnc(C#N)c1. The highest BCUT2D eigenvalue weighted by molar-refractivity contribution is 5.45. The third-order valence-corrected chi connectivity index (χ3v) is 1.73. The molecule has 1 N–H and O–H groups in total. The Morgan fingerprint density at radius 2 is 2.46 bits per heavy atom. The molecule has 0 bridgehead atoms. The average Bonchev–Trinajstić information content (AvgIpc) is 2.19. The van der Waals surface area contributed by atoms with Gasteiger partial charge in [-0.1, -0.05) is 13.3 Å². The predicted octanol–water partition coefficient (Wildman–Crippen LogP) is 2.17. The van der Waals surface area contributed by atoms with Gasteiger partial charge in [-0.2, -0.15) is 5.26 Å². The van der Waals surface area contributed by atoms with E-state index in [0.717, 1.165) is 18.7 Å². The molecule has 0 amide bonds. The number of pyridine rings is 1.